The minimum atomic E-state index is -0.235. The summed E-state index contributed by atoms with van der Waals surface area (Å²) in [6.07, 6.45) is 7.70. The van der Waals surface area contributed by atoms with Gasteiger partial charge in [0, 0.05) is 62.1 Å². The average molecular weight is 772 g/mol. The second-order valence-electron chi connectivity index (χ2n) is 16.2. The fraction of sp³-hybridized carbons (Fsp3) is 0.0727. The van der Waals surface area contributed by atoms with Crippen LogP contribution in [0.25, 0.3) is 72.1 Å². The lowest BCUT2D eigenvalue weighted by atomic mass is 9.86. The van der Waals surface area contributed by atoms with Gasteiger partial charge in [0.1, 0.15) is 28.0 Å². The molecule has 2 aliphatic carbocycles. The normalized spacial score (nSPS) is 17.4. The van der Waals surface area contributed by atoms with E-state index in [0.29, 0.717) is 0 Å². The van der Waals surface area contributed by atoms with Crippen molar-refractivity contribution in [3.63, 3.8) is 0 Å². The van der Waals surface area contributed by atoms with Gasteiger partial charge in [0.05, 0.1) is 23.1 Å². The summed E-state index contributed by atoms with van der Waals surface area (Å²) in [5.41, 5.74) is 14.8. The summed E-state index contributed by atoms with van der Waals surface area (Å²) in [5.74, 6) is 0.962. The fourth-order valence-corrected chi connectivity index (χ4v) is 10.3. The predicted octanol–water partition coefficient (Wildman–Crippen LogP) is 11.9. The van der Waals surface area contributed by atoms with Crippen LogP contribution in [0.15, 0.2) is 201 Å². The van der Waals surface area contributed by atoms with Gasteiger partial charge in [-0.2, -0.15) is 0 Å². The van der Waals surface area contributed by atoms with Gasteiger partial charge in [-0.15, -0.1) is 0 Å². The number of para-hydroxylation sites is 2. The third kappa shape index (κ3) is 4.77. The zero-order valence-electron chi connectivity index (χ0n) is 32.8. The van der Waals surface area contributed by atoms with Crippen molar-refractivity contribution in [2.24, 2.45) is 4.99 Å². The number of aliphatic imine (C=N–C) groups is 1. The zero-order chi connectivity index (χ0) is 39.5. The van der Waals surface area contributed by atoms with Crippen LogP contribution in [-0.4, -0.2) is 22.4 Å². The number of benzene rings is 7. The molecule has 0 amide bonds. The molecule has 1 aliphatic heterocycles. The van der Waals surface area contributed by atoms with Crippen molar-refractivity contribution in [2.45, 2.75) is 18.5 Å². The average Bonchev–Trinajstić information content (AvgIpc) is 3.88. The Kier molecular flexibility index (Phi) is 7.05. The van der Waals surface area contributed by atoms with Crippen molar-refractivity contribution in [1.82, 2.24) is 9.47 Å². The Labute approximate surface area is 345 Å². The molecular weight excluding hydrogens is 735 g/mol. The van der Waals surface area contributed by atoms with Crippen LogP contribution in [0.2, 0.25) is 0 Å². The van der Waals surface area contributed by atoms with E-state index in [-0.39, 0.29) is 12.1 Å². The number of amidine groups is 1. The summed E-state index contributed by atoms with van der Waals surface area (Å²) >= 11 is 0. The van der Waals surface area contributed by atoms with Gasteiger partial charge in [-0.3, -0.25) is 4.99 Å². The van der Waals surface area contributed by atoms with E-state index in [9.17, 15) is 0 Å². The molecular formula is C55H37N3O2. The van der Waals surface area contributed by atoms with Crippen LogP contribution in [0.1, 0.15) is 40.8 Å². The van der Waals surface area contributed by atoms with Crippen molar-refractivity contribution in [2.75, 3.05) is 7.05 Å². The number of aromatic nitrogens is 1. The van der Waals surface area contributed by atoms with Gasteiger partial charge >= 0.3 is 0 Å². The molecule has 2 atom stereocenters. The Morgan fingerprint density at radius 1 is 0.600 bits per heavy atom. The number of hydrogen-bond donors (Lipinski definition) is 0. The molecule has 0 radical (unpaired) electrons. The van der Waals surface area contributed by atoms with Crippen LogP contribution < -0.4 is 10.6 Å². The van der Waals surface area contributed by atoms with E-state index < -0.39 is 0 Å². The van der Waals surface area contributed by atoms with E-state index in [2.05, 4.69) is 199 Å². The minimum Gasteiger partial charge on any atom is -0.456 e. The summed E-state index contributed by atoms with van der Waals surface area (Å²) in [4.78, 5) is 8.17. The number of furan rings is 2. The third-order valence-electron chi connectivity index (χ3n) is 13.0. The van der Waals surface area contributed by atoms with Gasteiger partial charge in [0.15, 0.2) is 0 Å². The smallest absolute Gasteiger partial charge is 0.143 e. The maximum Gasteiger partial charge on any atom is 0.143 e. The van der Waals surface area contributed by atoms with Gasteiger partial charge in [-0.05, 0) is 82.8 Å². The first-order valence-electron chi connectivity index (χ1n) is 20.7. The number of nitrogens with zero attached hydrogens (tertiary/aromatic N) is 3. The highest BCUT2D eigenvalue weighted by molar-refractivity contribution is 6.13. The summed E-state index contributed by atoms with van der Waals surface area (Å²) in [7, 11) is 2.21. The third-order valence-corrected chi connectivity index (χ3v) is 13.0. The quantitative estimate of drug-likeness (QED) is 0.180. The summed E-state index contributed by atoms with van der Waals surface area (Å²) < 4.78 is 16.3. The Morgan fingerprint density at radius 3 is 2.08 bits per heavy atom. The van der Waals surface area contributed by atoms with Gasteiger partial charge in [0.25, 0.3) is 0 Å². The molecule has 2 unspecified atom stereocenters. The van der Waals surface area contributed by atoms with Crippen molar-refractivity contribution < 1.29 is 8.83 Å². The fourth-order valence-electron chi connectivity index (χ4n) is 10.3. The number of fused-ring (bicyclic) bond motifs is 12. The molecule has 4 heterocycles. The van der Waals surface area contributed by atoms with Crippen molar-refractivity contribution in [1.29, 1.82) is 0 Å². The second-order valence-corrected chi connectivity index (χ2v) is 16.2. The van der Waals surface area contributed by atoms with E-state index in [1.807, 2.05) is 0 Å². The number of allylic oxidation sites excluding steroid dienone is 3. The summed E-state index contributed by atoms with van der Waals surface area (Å²) in [6.45, 7) is 0. The number of rotatable bonds is 3. The molecule has 3 aliphatic rings. The van der Waals surface area contributed by atoms with Crippen molar-refractivity contribution >= 4 is 72.2 Å². The van der Waals surface area contributed by atoms with E-state index in [1.165, 1.54) is 32.9 Å². The summed E-state index contributed by atoms with van der Waals surface area (Å²) in [6, 6.07) is 58.2. The topological polar surface area (TPSA) is 46.8 Å². The predicted molar refractivity (Wildman–Crippen MR) is 244 cm³/mol. The molecule has 5 heteroatoms. The first kappa shape index (κ1) is 33.4. The molecule has 13 rings (SSSR count). The standard InChI is InChI=1S/C55H37N3O2/c1-57-47-32-43(53(33-14-4-2-5-15-33)56-55(57)34-16-6-3-7-17-34)35-26-28-41(40-20-12-24-48-51(40)52-42(47)21-13-25-49(52)59-48)54-44(30-35)39-29-27-36(31-50(39)60-54)58-45-22-10-8-18-37(45)38-19-9-11-23-46(38)58/h2-31,47,53H,32H2,1H3. The van der Waals surface area contributed by atoms with Crippen LogP contribution in [0.3, 0.4) is 0 Å². The highest BCUT2D eigenvalue weighted by Gasteiger charge is 2.35. The lowest BCUT2D eigenvalue weighted by molar-refractivity contribution is 0.379. The highest BCUT2D eigenvalue weighted by atomic mass is 16.3. The SMILES string of the molecule is CN1C(c2ccccc2)=NC(c2ccccc2)C2=C3C=CC(=c4oc5cc(-n6c7ccccc7c7ccccc76)ccc5c4=C3)c3cccc4oc5cccc(c5c34)C1C2. The first-order chi connectivity index (χ1) is 29.7. The molecule has 0 saturated carbocycles. The molecule has 0 spiro atoms. The van der Waals surface area contributed by atoms with Gasteiger partial charge < -0.3 is 18.3 Å². The maximum atomic E-state index is 7.19. The van der Waals surface area contributed by atoms with Gasteiger partial charge in [0.2, 0.25) is 0 Å². The Bertz CT molecular complexity index is 3600. The molecule has 7 aromatic carbocycles. The van der Waals surface area contributed by atoms with Crippen LogP contribution in [0.4, 0.5) is 0 Å². The second kappa shape index (κ2) is 12.7. The van der Waals surface area contributed by atoms with E-state index >= 15 is 0 Å². The molecule has 0 fully saturated rings. The largest absolute Gasteiger partial charge is 0.456 e. The molecule has 60 heavy (non-hydrogen) atoms. The van der Waals surface area contributed by atoms with Crippen LogP contribution in [0.5, 0.6) is 0 Å². The van der Waals surface area contributed by atoms with Gasteiger partial charge in [-0.1, -0.05) is 127 Å². The van der Waals surface area contributed by atoms with Crippen molar-refractivity contribution in [3.8, 4) is 5.69 Å². The highest BCUT2D eigenvalue weighted by Crippen LogP contribution is 2.47. The number of hydrogen-bond acceptors (Lipinski definition) is 4. The van der Waals surface area contributed by atoms with Crippen LogP contribution in [-0.2, 0) is 0 Å². The minimum absolute atomic E-state index is 0.0441. The first-order valence-corrected chi connectivity index (χ1v) is 20.7. The molecule has 284 valence electrons. The van der Waals surface area contributed by atoms with Crippen LogP contribution in [0, 0.1) is 0 Å². The van der Waals surface area contributed by atoms with Crippen molar-refractivity contribution in [3.05, 3.63) is 220 Å². The molecule has 0 saturated heterocycles. The summed E-state index contributed by atoms with van der Waals surface area (Å²) in [5, 5.41) is 6.84. The van der Waals surface area contributed by atoms with E-state index in [0.717, 1.165) is 89.3 Å². The van der Waals surface area contributed by atoms with E-state index in [4.69, 9.17) is 13.8 Å². The molecule has 3 aromatic heterocycles. The van der Waals surface area contributed by atoms with E-state index in [1.54, 1.807) is 0 Å². The zero-order valence-corrected chi connectivity index (χ0v) is 32.8. The maximum absolute atomic E-state index is 7.19. The molecule has 4 bridgehead atoms. The monoisotopic (exact) mass is 771 g/mol. The molecule has 0 N–H and O–H groups in total. The Morgan fingerprint density at radius 2 is 1.30 bits per heavy atom. The molecule has 10 aromatic rings. The Hall–Kier alpha value is -7.63. The molecule has 5 nitrogen and oxygen atoms in total. The Balaban J connectivity index is 1.17. The van der Waals surface area contributed by atoms with Crippen LogP contribution >= 0.6 is 0 Å². The lowest BCUT2D eigenvalue weighted by Gasteiger charge is -2.31. The van der Waals surface area contributed by atoms with Gasteiger partial charge in [-0.25, -0.2) is 0 Å². The lowest BCUT2D eigenvalue weighted by Crippen LogP contribution is -2.31.